The van der Waals surface area contributed by atoms with Gasteiger partial charge in [0.2, 0.25) is 11.8 Å². The molecule has 2 aromatic carbocycles. The summed E-state index contributed by atoms with van der Waals surface area (Å²) in [5.74, 6) is -1.30. The van der Waals surface area contributed by atoms with Crippen LogP contribution in [0, 0.1) is 5.92 Å². The molecule has 0 radical (unpaired) electrons. The van der Waals surface area contributed by atoms with Gasteiger partial charge in [-0.2, -0.15) is 13.2 Å². The molecule has 0 bridgehead atoms. The van der Waals surface area contributed by atoms with Crippen LogP contribution in [0.2, 0.25) is 5.02 Å². The Morgan fingerprint density at radius 3 is 2.56 bits per heavy atom. The number of amides is 2. The molecule has 142 valence electrons. The molecule has 27 heavy (non-hydrogen) atoms. The summed E-state index contributed by atoms with van der Waals surface area (Å²) in [6.45, 7) is 0.330. The summed E-state index contributed by atoms with van der Waals surface area (Å²) in [6, 6.07) is 11.5. The molecule has 1 aliphatic heterocycles. The lowest BCUT2D eigenvalue weighted by Gasteiger charge is -2.18. The second-order valence-corrected chi connectivity index (χ2v) is 6.73. The highest BCUT2D eigenvalue weighted by Gasteiger charge is 2.36. The number of carbonyl (C=O) groups excluding carboxylic acids is 2. The molecule has 2 aromatic rings. The first-order valence-electron chi connectivity index (χ1n) is 8.24. The predicted molar refractivity (Wildman–Crippen MR) is 95.2 cm³/mol. The summed E-state index contributed by atoms with van der Waals surface area (Å²) in [6.07, 6.45) is -4.53. The SMILES string of the molecule is O=C(NCc1ccc(Cl)cc1)[C@@H]1CC(=O)N(c2cccc(C(F)(F)F)c2)C1. The molecule has 0 saturated carbocycles. The summed E-state index contributed by atoms with van der Waals surface area (Å²) in [5, 5.41) is 3.33. The monoisotopic (exact) mass is 396 g/mol. The van der Waals surface area contributed by atoms with Crippen LogP contribution in [0.4, 0.5) is 18.9 Å². The maximum atomic E-state index is 12.9. The Bertz CT molecular complexity index is 853. The van der Waals surface area contributed by atoms with E-state index >= 15 is 0 Å². The third kappa shape index (κ3) is 4.60. The highest BCUT2D eigenvalue weighted by molar-refractivity contribution is 6.30. The smallest absolute Gasteiger partial charge is 0.352 e. The second-order valence-electron chi connectivity index (χ2n) is 6.30. The maximum absolute atomic E-state index is 12.9. The van der Waals surface area contributed by atoms with Crippen molar-refractivity contribution in [2.45, 2.75) is 19.1 Å². The van der Waals surface area contributed by atoms with Crippen LogP contribution < -0.4 is 10.2 Å². The van der Waals surface area contributed by atoms with Crippen molar-refractivity contribution in [3.63, 3.8) is 0 Å². The van der Waals surface area contributed by atoms with Gasteiger partial charge < -0.3 is 10.2 Å². The molecular formula is C19H16ClF3N2O2. The number of halogens is 4. The molecule has 0 aliphatic carbocycles. The molecule has 8 heteroatoms. The van der Waals surface area contributed by atoms with Crippen molar-refractivity contribution in [2.75, 3.05) is 11.4 Å². The van der Waals surface area contributed by atoms with Crippen molar-refractivity contribution in [3.05, 3.63) is 64.7 Å². The molecule has 1 heterocycles. The standard InChI is InChI=1S/C19H16ClF3N2O2/c20-15-6-4-12(5-7-15)10-24-18(27)13-8-17(26)25(11-13)16-3-1-2-14(9-16)19(21,22)23/h1-7,9,13H,8,10-11H2,(H,24,27)/t13-/m1/s1. The van der Waals surface area contributed by atoms with E-state index in [1.54, 1.807) is 24.3 Å². The van der Waals surface area contributed by atoms with Crippen LogP contribution in [-0.4, -0.2) is 18.4 Å². The zero-order valence-corrected chi connectivity index (χ0v) is 14.8. The lowest BCUT2D eigenvalue weighted by atomic mass is 10.1. The number of rotatable bonds is 4. The number of benzene rings is 2. The first-order valence-corrected chi connectivity index (χ1v) is 8.61. The van der Waals surface area contributed by atoms with Gasteiger partial charge in [-0.3, -0.25) is 9.59 Å². The van der Waals surface area contributed by atoms with Gasteiger partial charge in [-0.05, 0) is 35.9 Å². The fourth-order valence-corrected chi connectivity index (χ4v) is 3.04. The number of anilines is 1. The van der Waals surface area contributed by atoms with Crippen molar-refractivity contribution >= 4 is 29.1 Å². The third-order valence-electron chi connectivity index (χ3n) is 4.36. The average Bonchev–Trinajstić information content (AvgIpc) is 3.02. The van der Waals surface area contributed by atoms with Crippen molar-refractivity contribution in [1.82, 2.24) is 5.32 Å². The van der Waals surface area contributed by atoms with E-state index in [2.05, 4.69) is 5.32 Å². The maximum Gasteiger partial charge on any atom is 0.416 e. The molecule has 3 rings (SSSR count). The Hall–Kier alpha value is -2.54. The molecule has 0 spiro atoms. The number of nitrogens with zero attached hydrogens (tertiary/aromatic N) is 1. The Morgan fingerprint density at radius 1 is 1.19 bits per heavy atom. The minimum atomic E-state index is -4.49. The number of nitrogens with one attached hydrogen (secondary N) is 1. The fraction of sp³-hybridized carbons (Fsp3) is 0.263. The van der Waals surface area contributed by atoms with Gasteiger partial charge >= 0.3 is 6.18 Å². The molecule has 1 saturated heterocycles. The molecule has 1 atom stereocenters. The second kappa shape index (κ2) is 7.60. The van der Waals surface area contributed by atoms with Crippen molar-refractivity contribution in [1.29, 1.82) is 0 Å². The summed E-state index contributed by atoms with van der Waals surface area (Å²) in [7, 11) is 0. The Labute approximate surface area is 158 Å². The summed E-state index contributed by atoms with van der Waals surface area (Å²) in [5.41, 5.74) is 0.165. The minimum absolute atomic E-state index is 0.0390. The third-order valence-corrected chi connectivity index (χ3v) is 4.61. The van der Waals surface area contributed by atoms with Crippen LogP contribution in [0.25, 0.3) is 0 Å². The molecule has 2 amide bonds. The largest absolute Gasteiger partial charge is 0.416 e. The summed E-state index contributed by atoms with van der Waals surface area (Å²) < 4.78 is 38.6. The van der Waals surface area contributed by atoms with Gasteiger partial charge in [-0.1, -0.05) is 29.8 Å². The van der Waals surface area contributed by atoms with E-state index < -0.39 is 17.7 Å². The minimum Gasteiger partial charge on any atom is -0.352 e. The van der Waals surface area contributed by atoms with E-state index in [1.807, 2.05) is 0 Å². The zero-order chi connectivity index (χ0) is 19.6. The van der Waals surface area contributed by atoms with E-state index in [0.717, 1.165) is 17.7 Å². The fourth-order valence-electron chi connectivity index (χ4n) is 2.92. The van der Waals surface area contributed by atoms with Gasteiger partial charge in [-0.25, -0.2) is 0 Å². The quantitative estimate of drug-likeness (QED) is 0.848. The first kappa shape index (κ1) is 19.2. The molecule has 1 N–H and O–H groups in total. The van der Waals surface area contributed by atoms with Crippen LogP contribution in [0.3, 0.4) is 0 Å². The van der Waals surface area contributed by atoms with E-state index in [0.29, 0.717) is 5.02 Å². The van der Waals surface area contributed by atoms with Crippen LogP contribution >= 0.6 is 11.6 Å². The van der Waals surface area contributed by atoms with Crippen molar-refractivity contribution < 1.29 is 22.8 Å². The van der Waals surface area contributed by atoms with E-state index in [9.17, 15) is 22.8 Å². The van der Waals surface area contributed by atoms with Gasteiger partial charge in [0.05, 0.1) is 11.5 Å². The molecule has 0 aromatic heterocycles. The normalized spacial score (nSPS) is 17.3. The summed E-state index contributed by atoms with van der Waals surface area (Å²) in [4.78, 5) is 25.8. The van der Waals surface area contributed by atoms with Gasteiger partial charge in [0.1, 0.15) is 0 Å². The topological polar surface area (TPSA) is 49.4 Å². The van der Waals surface area contributed by atoms with Crippen molar-refractivity contribution in [3.8, 4) is 0 Å². The predicted octanol–water partition coefficient (Wildman–Crippen LogP) is 4.03. The van der Waals surface area contributed by atoms with Gasteiger partial charge in [0.25, 0.3) is 0 Å². The molecule has 1 fully saturated rings. The number of alkyl halides is 3. The van der Waals surface area contributed by atoms with E-state index in [1.165, 1.54) is 17.0 Å². The number of hydrogen-bond donors (Lipinski definition) is 1. The molecule has 1 aliphatic rings. The lowest BCUT2D eigenvalue weighted by Crippen LogP contribution is -2.32. The van der Waals surface area contributed by atoms with Crippen LogP contribution in [-0.2, 0) is 22.3 Å². The zero-order valence-electron chi connectivity index (χ0n) is 14.1. The first-order chi connectivity index (χ1) is 12.7. The molecule has 4 nitrogen and oxygen atoms in total. The Balaban J connectivity index is 1.64. The van der Waals surface area contributed by atoms with E-state index in [4.69, 9.17) is 11.6 Å². The average molecular weight is 397 g/mol. The van der Waals surface area contributed by atoms with E-state index in [-0.39, 0.29) is 37.0 Å². The highest BCUT2D eigenvalue weighted by Crippen LogP contribution is 2.33. The van der Waals surface area contributed by atoms with Crippen molar-refractivity contribution in [2.24, 2.45) is 5.92 Å². The van der Waals surface area contributed by atoms with Gasteiger partial charge in [0.15, 0.2) is 0 Å². The Kier molecular flexibility index (Phi) is 5.41. The Morgan fingerprint density at radius 2 is 1.89 bits per heavy atom. The molecule has 0 unspecified atom stereocenters. The van der Waals surface area contributed by atoms with Crippen LogP contribution in [0.15, 0.2) is 48.5 Å². The summed E-state index contributed by atoms with van der Waals surface area (Å²) >= 11 is 5.81. The molecular weight excluding hydrogens is 381 g/mol. The van der Waals surface area contributed by atoms with Crippen LogP contribution in [0.5, 0.6) is 0 Å². The van der Waals surface area contributed by atoms with Gasteiger partial charge in [0, 0.05) is 30.2 Å². The number of carbonyl (C=O) groups is 2. The highest BCUT2D eigenvalue weighted by atomic mass is 35.5. The van der Waals surface area contributed by atoms with Gasteiger partial charge in [-0.15, -0.1) is 0 Å². The number of hydrogen-bond acceptors (Lipinski definition) is 2. The van der Waals surface area contributed by atoms with Crippen LogP contribution in [0.1, 0.15) is 17.5 Å². The lowest BCUT2D eigenvalue weighted by molar-refractivity contribution is -0.137.